The molecule has 0 amide bonds. The van der Waals surface area contributed by atoms with Crippen molar-refractivity contribution in [1.29, 1.82) is 27.0 Å². The summed E-state index contributed by atoms with van der Waals surface area (Å²) in [6.45, 7) is 10.9. The molecule has 16 rings (SSSR count). The smallest absolute Gasteiger partial charge is 0.245 e. The molecule has 6 aromatic heterocycles. The lowest BCUT2D eigenvalue weighted by Gasteiger charge is -2.39. The molecular formula is C78H117Cl3N48O. The number of hydrogen-bond donors (Lipinski definition) is 21. The third-order valence-corrected chi connectivity index (χ3v) is 21.8. The van der Waals surface area contributed by atoms with Crippen molar-refractivity contribution in [3.05, 3.63) is 66.6 Å². The average molecular weight is 1850 g/mol. The van der Waals surface area contributed by atoms with Gasteiger partial charge in [-0.15, -0.1) is 0 Å². The maximum atomic E-state index is 9.03. The van der Waals surface area contributed by atoms with Gasteiger partial charge in [-0.3, -0.25) is 27.0 Å². The van der Waals surface area contributed by atoms with E-state index in [2.05, 4.69) is 171 Å². The SMILES string of the molecule is C.C[N+](C)(C)C1CCN(c2nc(N=C3C(N)=NC(=N)N=C3N)c(N)cc2N)C1.C[N+](C)(C)C1CCN(c2nc(N=C3C=NN(CCO)C3=N)c(N)cc2N)C1.C[N+]1(C)CCN(c2nc(N=C3C(N)=NC(=N)N=C3N)c(N)cc2N)CC1.N=C1C=C(N)C(N2CCCC2)=NC1=Nc1cnn2ccccc12.N=C1N=C(N)C(=Nc2nc(N3CCCC3)c(N)cc2N)C(N)=N1.[Cl-].[Cl-].[Cl-]. The normalized spacial score (nSPS) is 19.5. The summed E-state index contributed by atoms with van der Waals surface area (Å²) in [4.78, 5) is 77.8. The van der Waals surface area contributed by atoms with Crippen LogP contribution in [0.5, 0.6) is 0 Å². The van der Waals surface area contributed by atoms with Crippen molar-refractivity contribution >= 4 is 208 Å². The van der Waals surface area contributed by atoms with Crippen LogP contribution in [0.4, 0.5) is 97.7 Å². The molecule has 0 bridgehead atoms. The Bertz CT molecular complexity index is 5700. The third kappa shape index (κ3) is 23.9. The molecule has 16 heterocycles. The zero-order valence-electron chi connectivity index (χ0n) is 72.9. The summed E-state index contributed by atoms with van der Waals surface area (Å²) in [6.07, 6.45) is 13.2. The van der Waals surface area contributed by atoms with Crippen LogP contribution >= 0.6 is 0 Å². The van der Waals surface area contributed by atoms with E-state index < -0.39 is 0 Å². The number of fused-ring (bicyclic) bond motifs is 1. The number of nitrogens with two attached hydrogens (primary N) is 15. The zero-order chi connectivity index (χ0) is 91.1. The number of pyridine rings is 5. The summed E-state index contributed by atoms with van der Waals surface area (Å²) in [5, 5.41) is 57.2. The third-order valence-electron chi connectivity index (χ3n) is 21.8. The van der Waals surface area contributed by atoms with Crippen LogP contribution in [-0.2, 0) is 0 Å². The molecule has 49 nitrogen and oxygen atoms in total. The first-order valence-electron chi connectivity index (χ1n) is 40.4. The molecule has 696 valence electrons. The number of aliphatic imine (C=N–C) groups is 12. The van der Waals surface area contributed by atoms with Crippen LogP contribution in [-0.4, -0.2) is 323 Å². The highest BCUT2D eigenvalue weighted by atomic mass is 35.5. The highest BCUT2D eigenvalue weighted by molar-refractivity contribution is 6.71. The van der Waals surface area contributed by atoms with Gasteiger partial charge in [0.1, 0.15) is 46.3 Å². The van der Waals surface area contributed by atoms with Gasteiger partial charge in [0.2, 0.25) is 17.9 Å². The number of amidine groups is 9. The molecule has 2 atom stereocenters. The fraction of sp³-hybridized carbons (Fsp3) is 0.397. The number of anilines is 12. The van der Waals surface area contributed by atoms with Gasteiger partial charge in [-0.1, -0.05) is 13.5 Å². The summed E-state index contributed by atoms with van der Waals surface area (Å²) in [7, 11) is 17.5. The van der Waals surface area contributed by atoms with Gasteiger partial charge in [-0.2, -0.15) is 40.2 Å². The topological polar surface area (TPSA) is 779 Å². The second-order valence-electron chi connectivity index (χ2n) is 33.2. The molecule has 0 aromatic carbocycles. The number of guanidine groups is 3. The Morgan fingerprint density at radius 3 is 1.21 bits per heavy atom. The van der Waals surface area contributed by atoms with E-state index in [-0.39, 0.29) is 157 Å². The van der Waals surface area contributed by atoms with E-state index in [1.54, 1.807) is 41.1 Å². The molecule has 0 aliphatic carbocycles. The van der Waals surface area contributed by atoms with Gasteiger partial charge >= 0.3 is 0 Å². The number of piperazine rings is 1. The number of rotatable bonds is 13. The first kappa shape index (κ1) is 101. The fourth-order valence-corrected chi connectivity index (χ4v) is 14.6. The number of aliphatic hydroxyl groups is 1. The summed E-state index contributed by atoms with van der Waals surface area (Å²) in [6, 6.07) is 13.3. The Balaban J connectivity index is 0.000000199. The number of nitrogens with one attached hydrogen (secondary N) is 5. The van der Waals surface area contributed by atoms with Crippen molar-refractivity contribution in [2.45, 2.75) is 58.0 Å². The average Bonchev–Trinajstić information content (AvgIpc) is 1.71. The van der Waals surface area contributed by atoms with Crippen LogP contribution in [0.2, 0.25) is 0 Å². The minimum absolute atomic E-state index is 0. The molecule has 52 heteroatoms. The van der Waals surface area contributed by atoms with E-state index >= 15 is 0 Å². The van der Waals surface area contributed by atoms with E-state index in [1.165, 1.54) is 11.2 Å². The number of hydrazone groups is 1. The van der Waals surface area contributed by atoms with E-state index in [0.29, 0.717) is 110 Å². The summed E-state index contributed by atoms with van der Waals surface area (Å²) in [5.74, 6) is 4.05. The number of aliphatic hydroxyl groups excluding tert-OH is 1. The summed E-state index contributed by atoms with van der Waals surface area (Å²) in [5.41, 5.74) is 95.8. The van der Waals surface area contributed by atoms with Gasteiger partial charge < -0.3 is 166 Å². The number of aromatic nitrogens is 6. The molecule has 5 fully saturated rings. The van der Waals surface area contributed by atoms with Crippen molar-refractivity contribution in [2.24, 2.45) is 105 Å². The van der Waals surface area contributed by atoms with Gasteiger partial charge in [-0.05, 0) is 68.2 Å². The van der Waals surface area contributed by atoms with Crippen molar-refractivity contribution in [3.8, 4) is 0 Å². The van der Waals surface area contributed by atoms with Crippen LogP contribution in [0.1, 0.15) is 46.0 Å². The summed E-state index contributed by atoms with van der Waals surface area (Å²) >= 11 is 0. The van der Waals surface area contributed by atoms with E-state index in [1.807, 2.05) is 24.4 Å². The van der Waals surface area contributed by atoms with Gasteiger partial charge in [0, 0.05) is 58.3 Å². The fourth-order valence-electron chi connectivity index (χ4n) is 14.6. The van der Waals surface area contributed by atoms with Crippen LogP contribution in [0.15, 0.2) is 132 Å². The van der Waals surface area contributed by atoms with Gasteiger partial charge in [0.15, 0.2) is 99.1 Å². The maximum Gasteiger partial charge on any atom is 0.245 e. The standard InChI is InChI=1S/C17H28N9O.C16H26N11.C16H17N7.C15H24N11.C13H18N10.CH4.3ClH/c1-26(2,3)11-4-5-24(10-11)17-13(19)8-12(18)16(23-17)22-14-9-21-25(6-7-27)15(14)20;1-27(2,3)8-4-5-26(7-8)15-10(18)6-9(17)14(25-15)22-11-12(19)23-16(21)24-13(11)20;17-11-9-12(18)16(22-6-3-4-7-22)21-15(11)20-13-10-19-23-8-2-1-5-14(13)23;1-26(2)5-3-25(4-6-26)14-9(17)7-8(16)13(24-14)21-10-11(18)22-15(20)23-12(10)19;14-6-5-7(15)12(23-3-1-2-4-23)22-11(6)19-8-9(16)20-13(18)21-10(8)17;;;;/h8-9,11,20,27H,4-7,10,18-19H2,1-3H3;6,8H,4-5,7,17-18H2,1-3H3,(H5,19,20,21,23,24);1-2,5,8-10,17H,3-4,6-7,18H2;7H,3-6,16-17H2,1-2H3,(H5,18,19,20,22,23);5H,1-4,14-15H2,(H5,16,17,18,20,21);1H4;3*1H/q2*+1;;+1;;;;;/p-3. The predicted octanol–water partition coefficient (Wildman–Crippen LogP) is -9.02. The second-order valence-corrected chi connectivity index (χ2v) is 33.2. The maximum absolute atomic E-state index is 9.03. The molecule has 130 heavy (non-hydrogen) atoms. The minimum Gasteiger partial charge on any atom is -1.00 e. The highest BCUT2D eigenvalue weighted by Gasteiger charge is 2.37. The van der Waals surface area contributed by atoms with Crippen LogP contribution in [0.25, 0.3) is 5.52 Å². The quantitative estimate of drug-likeness (QED) is 0.0478. The van der Waals surface area contributed by atoms with Crippen LogP contribution in [0.3, 0.4) is 0 Å². The van der Waals surface area contributed by atoms with E-state index in [0.717, 1.165) is 142 Å². The molecule has 0 radical (unpaired) electrons. The highest BCUT2D eigenvalue weighted by Crippen LogP contribution is 2.38. The molecule has 10 aliphatic rings. The predicted molar refractivity (Wildman–Crippen MR) is 514 cm³/mol. The lowest BCUT2D eigenvalue weighted by molar-refractivity contribution is -0.893. The van der Waals surface area contributed by atoms with Crippen molar-refractivity contribution in [3.63, 3.8) is 0 Å². The van der Waals surface area contributed by atoms with Crippen LogP contribution in [0, 0.1) is 27.0 Å². The van der Waals surface area contributed by atoms with E-state index in [4.69, 9.17) is 118 Å². The minimum atomic E-state index is -0.272. The van der Waals surface area contributed by atoms with E-state index in [9.17, 15) is 0 Å². The number of nitrogens with zero attached hydrogens (tertiary/aromatic N) is 28. The molecule has 0 saturated carbocycles. The molecule has 6 aromatic rings. The van der Waals surface area contributed by atoms with Crippen molar-refractivity contribution in [2.75, 3.05) is 214 Å². The lowest BCUT2D eigenvalue weighted by Crippen LogP contribution is -3.00. The Labute approximate surface area is 770 Å². The molecule has 2 unspecified atom stereocenters. The number of hydrogen-bond acceptors (Lipinski definition) is 37. The molecule has 10 aliphatic heterocycles. The molecule has 5 saturated heterocycles. The van der Waals surface area contributed by atoms with Gasteiger partial charge in [0.05, 0.1) is 178 Å². The van der Waals surface area contributed by atoms with Crippen LogP contribution < -0.4 is 143 Å². The Morgan fingerprint density at radius 1 is 0.462 bits per heavy atom. The van der Waals surface area contributed by atoms with Crippen molar-refractivity contribution < 1.29 is 55.8 Å². The second kappa shape index (κ2) is 42.0. The lowest BCUT2D eigenvalue weighted by atomic mass is 10.2. The number of halogens is 3. The molecule has 36 N–H and O–H groups in total. The van der Waals surface area contributed by atoms with Gasteiger partial charge in [-0.25, -0.2) is 59.4 Å². The first-order valence-corrected chi connectivity index (χ1v) is 40.4. The number of β-amino-alcohol motifs (C(OH)–C–C–N with tert-alkyl or cyclic N) is 1. The number of likely N-dealkylation sites (tertiary alicyclic amines) is 1. The van der Waals surface area contributed by atoms with Crippen molar-refractivity contribution in [1.82, 2.24) is 39.5 Å². The number of dihydropyridines is 1. The molecular weight excluding hydrogens is 1730 g/mol. The summed E-state index contributed by atoms with van der Waals surface area (Å²) < 4.78 is 4.45. The first-order chi connectivity index (χ1) is 59.6. The van der Waals surface area contributed by atoms with Gasteiger partial charge in [0.25, 0.3) is 0 Å². The monoisotopic (exact) mass is 1850 g/mol. The number of likely N-dealkylation sites (N-methyl/N-ethyl adjacent to an activating group) is 3. The Hall–Kier alpha value is -14.4. The number of quaternary nitrogens is 3. The zero-order valence-corrected chi connectivity index (χ0v) is 75.2. The largest absolute Gasteiger partial charge is 1.00 e. The Morgan fingerprint density at radius 2 is 0.831 bits per heavy atom. The molecule has 0 spiro atoms. The number of nitrogen functional groups attached to an aromatic ring is 8. The Kier molecular flexibility index (Phi) is 32.6.